The molecule has 0 bridgehead atoms. The van der Waals surface area contributed by atoms with Crippen molar-refractivity contribution in [3.8, 4) is 0 Å². The number of rotatable bonds is 6. The van der Waals surface area contributed by atoms with Gasteiger partial charge in [-0.2, -0.15) is 0 Å². The molecule has 0 saturated carbocycles. The van der Waals surface area contributed by atoms with Gasteiger partial charge in [-0.1, -0.05) is 60.7 Å². The largest absolute Gasteiger partial charge is 0.548 e. The third-order valence-corrected chi connectivity index (χ3v) is 3.35. The molecular formula is C17H18NO2-. The summed E-state index contributed by atoms with van der Waals surface area (Å²) in [6.45, 7) is 0.590. The number of carboxylic acid groups (broad SMARTS) is 1. The fourth-order valence-corrected chi connectivity index (χ4v) is 2.24. The van der Waals surface area contributed by atoms with Crippen molar-refractivity contribution < 1.29 is 9.90 Å². The van der Waals surface area contributed by atoms with Crippen molar-refractivity contribution in [2.45, 2.75) is 19.0 Å². The second kappa shape index (κ2) is 6.87. The van der Waals surface area contributed by atoms with Gasteiger partial charge in [-0.25, -0.2) is 0 Å². The predicted molar refractivity (Wildman–Crippen MR) is 76.9 cm³/mol. The Hall–Kier alpha value is -2.13. The summed E-state index contributed by atoms with van der Waals surface area (Å²) in [6, 6.07) is 18.8. The fraction of sp³-hybridized carbons (Fsp3) is 0.235. The highest BCUT2D eigenvalue weighted by Crippen LogP contribution is 2.11. The third kappa shape index (κ3) is 3.93. The molecule has 2 rings (SSSR count). The summed E-state index contributed by atoms with van der Waals surface area (Å²) in [5, 5.41) is 11.4. The molecule has 2 aromatic rings. The molecule has 0 heterocycles. The molecule has 2 aromatic carbocycles. The second-order valence-electron chi connectivity index (χ2n) is 4.93. The van der Waals surface area contributed by atoms with Crippen LogP contribution in [0.2, 0.25) is 0 Å². The lowest BCUT2D eigenvalue weighted by Gasteiger charge is -2.29. The summed E-state index contributed by atoms with van der Waals surface area (Å²) in [5.74, 6) is -1.03. The number of carboxylic acids is 1. The molecule has 0 aliphatic carbocycles. The Balaban J connectivity index is 2.06. The van der Waals surface area contributed by atoms with E-state index >= 15 is 0 Å². The zero-order chi connectivity index (χ0) is 14.4. The number of hydrogen-bond donors (Lipinski definition) is 0. The molecule has 0 radical (unpaired) electrons. The van der Waals surface area contributed by atoms with Crippen molar-refractivity contribution in [1.29, 1.82) is 0 Å². The van der Waals surface area contributed by atoms with Crippen LogP contribution in [0.25, 0.3) is 0 Å². The van der Waals surface area contributed by atoms with Gasteiger partial charge in [-0.05, 0) is 24.6 Å². The first-order chi connectivity index (χ1) is 9.66. The fourth-order valence-electron chi connectivity index (χ4n) is 2.24. The smallest absolute Gasteiger partial charge is 0.0589 e. The molecular weight excluding hydrogens is 250 g/mol. The lowest BCUT2D eigenvalue weighted by atomic mass is 10.0. The summed E-state index contributed by atoms with van der Waals surface area (Å²) >= 11 is 0. The Kier molecular flexibility index (Phi) is 4.91. The summed E-state index contributed by atoms with van der Waals surface area (Å²) in [4.78, 5) is 13.2. The van der Waals surface area contributed by atoms with Crippen LogP contribution in [-0.4, -0.2) is 24.0 Å². The number of likely N-dealkylation sites (N-methyl/N-ethyl adjacent to an activating group) is 1. The zero-order valence-corrected chi connectivity index (χ0v) is 11.5. The minimum atomic E-state index is -1.03. The average molecular weight is 268 g/mol. The summed E-state index contributed by atoms with van der Waals surface area (Å²) in [5.41, 5.74) is 2.09. The van der Waals surface area contributed by atoms with E-state index in [1.165, 1.54) is 0 Å². The molecule has 0 fully saturated rings. The first kappa shape index (κ1) is 14.3. The van der Waals surface area contributed by atoms with E-state index in [-0.39, 0.29) is 0 Å². The Bertz CT molecular complexity index is 539. The third-order valence-electron chi connectivity index (χ3n) is 3.35. The highest BCUT2D eigenvalue weighted by atomic mass is 16.4. The summed E-state index contributed by atoms with van der Waals surface area (Å²) in [6.07, 6.45) is 0.451. The first-order valence-electron chi connectivity index (χ1n) is 6.66. The van der Waals surface area contributed by atoms with Crippen LogP contribution in [0.1, 0.15) is 11.1 Å². The summed E-state index contributed by atoms with van der Waals surface area (Å²) < 4.78 is 0. The van der Waals surface area contributed by atoms with Gasteiger partial charge >= 0.3 is 0 Å². The van der Waals surface area contributed by atoms with Crippen molar-refractivity contribution in [3.63, 3.8) is 0 Å². The summed E-state index contributed by atoms with van der Waals surface area (Å²) in [7, 11) is 1.82. The van der Waals surface area contributed by atoms with Gasteiger partial charge in [-0.3, -0.25) is 4.90 Å². The molecule has 3 heteroatoms. The predicted octanol–water partition coefficient (Wildman–Crippen LogP) is 1.48. The Morgan fingerprint density at radius 1 is 1.00 bits per heavy atom. The molecule has 0 saturated heterocycles. The van der Waals surface area contributed by atoms with Gasteiger partial charge in [0.25, 0.3) is 0 Å². The molecule has 3 nitrogen and oxygen atoms in total. The van der Waals surface area contributed by atoms with E-state index in [0.717, 1.165) is 11.1 Å². The lowest BCUT2D eigenvalue weighted by Crippen LogP contribution is -2.47. The maximum atomic E-state index is 11.4. The van der Waals surface area contributed by atoms with Crippen LogP contribution in [-0.2, 0) is 17.8 Å². The number of carbonyl (C=O) groups is 1. The van der Waals surface area contributed by atoms with Crippen molar-refractivity contribution in [2.24, 2.45) is 0 Å². The van der Waals surface area contributed by atoms with Crippen LogP contribution in [0.3, 0.4) is 0 Å². The van der Waals surface area contributed by atoms with E-state index in [2.05, 4.69) is 0 Å². The lowest BCUT2D eigenvalue weighted by molar-refractivity contribution is -0.311. The maximum absolute atomic E-state index is 11.4. The average Bonchev–Trinajstić information content (AvgIpc) is 2.46. The Morgan fingerprint density at radius 3 is 2.00 bits per heavy atom. The van der Waals surface area contributed by atoms with Crippen LogP contribution in [0.5, 0.6) is 0 Å². The SMILES string of the molecule is CN(Cc1ccccc1)C(Cc1ccccc1)C(=O)[O-]. The number of benzene rings is 2. The van der Waals surface area contributed by atoms with Gasteiger partial charge < -0.3 is 9.90 Å². The van der Waals surface area contributed by atoms with E-state index in [4.69, 9.17) is 0 Å². The van der Waals surface area contributed by atoms with Crippen molar-refractivity contribution >= 4 is 5.97 Å². The zero-order valence-electron chi connectivity index (χ0n) is 11.5. The number of hydrogen-bond acceptors (Lipinski definition) is 3. The van der Waals surface area contributed by atoms with Gasteiger partial charge in [0.1, 0.15) is 0 Å². The maximum Gasteiger partial charge on any atom is 0.0589 e. The van der Waals surface area contributed by atoms with E-state index in [9.17, 15) is 9.90 Å². The van der Waals surface area contributed by atoms with E-state index < -0.39 is 12.0 Å². The van der Waals surface area contributed by atoms with Crippen LogP contribution in [0.4, 0.5) is 0 Å². The first-order valence-corrected chi connectivity index (χ1v) is 6.66. The van der Waals surface area contributed by atoms with Crippen LogP contribution in [0, 0.1) is 0 Å². The Labute approximate surface area is 119 Å². The van der Waals surface area contributed by atoms with Crippen LogP contribution in [0.15, 0.2) is 60.7 Å². The molecule has 1 atom stereocenters. The van der Waals surface area contributed by atoms with Crippen molar-refractivity contribution in [2.75, 3.05) is 7.05 Å². The van der Waals surface area contributed by atoms with Crippen LogP contribution >= 0.6 is 0 Å². The van der Waals surface area contributed by atoms with Crippen molar-refractivity contribution in [3.05, 3.63) is 71.8 Å². The van der Waals surface area contributed by atoms with Gasteiger partial charge in [-0.15, -0.1) is 0 Å². The molecule has 0 aliphatic rings. The van der Waals surface area contributed by atoms with Gasteiger partial charge in [0.05, 0.1) is 12.0 Å². The molecule has 1 unspecified atom stereocenters. The highest BCUT2D eigenvalue weighted by Gasteiger charge is 2.16. The van der Waals surface area contributed by atoms with E-state index in [1.807, 2.05) is 72.6 Å². The Morgan fingerprint density at radius 2 is 1.50 bits per heavy atom. The van der Waals surface area contributed by atoms with Crippen LogP contribution < -0.4 is 5.11 Å². The van der Waals surface area contributed by atoms with E-state index in [0.29, 0.717) is 13.0 Å². The molecule has 0 amide bonds. The molecule has 104 valence electrons. The normalized spacial score (nSPS) is 12.3. The van der Waals surface area contributed by atoms with Gasteiger partial charge in [0, 0.05) is 6.54 Å². The van der Waals surface area contributed by atoms with Gasteiger partial charge in [0.2, 0.25) is 0 Å². The topological polar surface area (TPSA) is 43.4 Å². The monoisotopic (exact) mass is 268 g/mol. The number of carbonyl (C=O) groups excluding carboxylic acids is 1. The molecule has 20 heavy (non-hydrogen) atoms. The molecule has 0 spiro atoms. The van der Waals surface area contributed by atoms with Crippen molar-refractivity contribution in [1.82, 2.24) is 4.90 Å². The number of nitrogens with zero attached hydrogens (tertiary/aromatic N) is 1. The molecule has 0 aliphatic heterocycles. The van der Waals surface area contributed by atoms with E-state index in [1.54, 1.807) is 0 Å². The quantitative estimate of drug-likeness (QED) is 0.797. The second-order valence-corrected chi connectivity index (χ2v) is 4.93. The highest BCUT2D eigenvalue weighted by molar-refractivity contribution is 5.71. The van der Waals surface area contributed by atoms with Gasteiger partial charge in [0.15, 0.2) is 0 Å². The number of aliphatic carboxylic acids is 1. The molecule has 0 N–H and O–H groups in total. The standard InChI is InChI=1S/C17H19NO2/c1-18(13-15-10-6-3-7-11-15)16(17(19)20)12-14-8-4-2-5-9-14/h2-11,16H,12-13H2,1H3,(H,19,20)/p-1. The molecule has 0 aromatic heterocycles. The minimum Gasteiger partial charge on any atom is -0.548 e. The minimum absolute atomic E-state index is 0.451.